The predicted octanol–water partition coefficient (Wildman–Crippen LogP) is 4.65. The zero-order chi connectivity index (χ0) is 24.2. The van der Waals surface area contributed by atoms with E-state index in [-0.39, 0.29) is 11.7 Å². The molecule has 3 amide bonds. The molecule has 2 aromatic rings. The van der Waals surface area contributed by atoms with E-state index in [1.54, 1.807) is 36.4 Å². The average Bonchev–Trinajstić information content (AvgIpc) is 3.36. The van der Waals surface area contributed by atoms with Crippen LogP contribution in [0.25, 0.3) is 6.08 Å². The summed E-state index contributed by atoms with van der Waals surface area (Å²) in [6.45, 7) is 4.34. The smallest absolute Gasteiger partial charge is 0.294 e. The Kier molecular flexibility index (Phi) is 7.32. The molecule has 0 saturated carbocycles. The number of anilines is 1. The molecule has 0 bridgehead atoms. The van der Waals surface area contributed by atoms with Gasteiger partial charge in [0.1, 0.15) is 6.54 Å². The van der Waals surface area contributed by atoms with Crippen LogP contribution in [0.2, 0.25) is 0 Å². The molecule has 1 N–H and O–H groups in total. The van der Waals surface area contributed by atoms with Crippen molar-refractivity contribution in [3.63, 3.8) is 0 Å². The van der Waals surface area contributed by atoms with Crippen molar-refractivity contribution in [3.05, 3.63) is 45.3 Å². The maximum absolute atomic E-state index is 12.9. The highest BCUT2D eigenvalue weighted by Crippen LogP contribution is 2.39. The van der Waals surface area contributed by atoms with Gasteiger partial charge in [-0.15, -0.1) is 0 Å². The minimum absolute atomic E-state index is 0.118. The van der Waals surface area contributed by atoms with Crippen LogP contribution in [0, 0.1) is 0 Å². The lowest BCUT2D eigenvalue weighted by Crippen LogP contribution is -2.36. The van der Waals surface area contributed by atoms with E-state index < -0.39 is 23.6 Å². The van der Waals surface area contributed by atoms with E-state index in [1.165, 1.54) is 0 Å². The van der Waals surface area contributed by atoms with Crippen molar-refractivity contribution in [2.24, 2.45) is 0 Å². The van der Waals surface area contributed by atoms with E-state index in [9.17, 15) is 14.4 Å². The van der Waals surface area contributed by atoms with Gasteiger partial charge in [-0.05, 0) is 77.4 Å². The van der Waals surface area contributed by atoms with Crippen molar-refractivity contribution in [1.29, 1.82) is 0 Å². The molecular weight excluding hydrogens is 528 g/mol. The summed E-state index contributed by atoms with van der Waals surface area (Å²) >= 11 is 4.24. The Morgan fingerprint density at radius 3 is 2.68 bits per heavy atom. The highest BCUT2D eigenvalue weighted by molar-refractivity contribution is 9.10. The van der Waals surface area contributed by atoms with Crippen LogP contribution in [0.3, 0.4) is 0 Å². The molecule has 2 aliphatic rings. The number of hydrogen-bond donors (Lipinski definition) is 1. The number of carbonyl (C=O) groups is 3. The van der Waals surface area contributed by atoms with Gasteiger partial charge < -0.3 is 24.3 Å². The van der Waals surface area contributed by atoms with Crippen molar-refractivity contribution in [2.75, 3.05) is 31.9 Å². The zero-order valence-electron chi connectivity index (χ0n) is 18.4. The standard InChI is InChI=1S/C23H21BrN2O7S/c1-3-30-18-8-13(7-15(24)21(18)31-4-2)9-19-22(28)26(23(29)34-19)11-20(27)25-14-5-6-16-17(10-14)33-12-32-16/h5-10H,3-4,11-12H2,1-2H3,(H,25,27)/b19-9+. The largest absolute Gasteiger partial charge is 0.490 e. The quantitative estimate of drug-likeness (QED) is 0.475. The molecule has 0 radical (unpaired) electrons. The lowest BCUT2D eigenvalue weighted by Gasteiger charge is -2.14. The van der Waals surface area contributed by atoms with Gasteiger partial charge >= 0.3 is 0 Å². The highest BCUT2D eigenvalue weighted by Gasteiger charge is 2.36. The zero-order valence-corrected chi connectivity index (χ0v) is 20.8. The molecule has 9 nitrogen and oxygen atoms in total. The molecule has 2 aromatic carbocycles. The number of halogens is 1. The number of fused-ring (bicyclic) bond motifs is 1. The normalized spacial score (nSPS) is 15.7. The van der Waals surface area contributed by atoms with Gasteiger partial charge in [-0.2, -0.15) is 0 Å². The average molecular weight is 549 g/mol. The number of imide groups is 1. The van der Waals surface area contributed by atoms with Gasteiger partial charge in [0.05, 0.1) is 22.6 Å². The molecule has 0 unspecified atom stereocenters. The van der Waals surface area contributed by atoms with Crippen LogP contribution in [-0.2, 0) is 9.59 Å². The minimum atomic E-state index is -0.543. The summed E-state index contributed by atoms with van der Waals surface area (Å²) in [6.07, 6.45) is 1.59. The summed E-state index contributed by atoms with van der Waals surface area (Å²) < 4.78 is 22.5. The summed E-state index contributed by atoms with van der Waals surface area (Å²) in [4.78, 5) is 38.9. The Labute approximate surface area is 208 Å². The second kappa shape index (κ2) is 10.4. The maximum atomic E-state index is 12.9. The third-order valence-electron chi connectivity index (χ3n) is 4.75. The van der Waals surface area contributed by atoms with E-state index in [1.807, 2.05) is 13.8 Å². The number of rotatable bonds is 8. The molecule has 11 heteroatoms. The van der Waals surface area contributed by atoms with E-state index in [2.05, 4.69) is 21.2 Å². The van der Waals surface area contributed by atoms with Gasteiger partial charge in [0.15, 0.2) is 23.0 Å². The van der Waals surface area contributed by atoms with Gasteiger partial charge in [-0.3, -0.25) is 19.3 Å². The van der Waals surface area contributed by atoms with E-state index in [0.717, 1.165) is 16.7 Å². The third kappa shape index (κ3) is 5.15. The van der Waals surface area contributed by atoms with E-state index in [4.69, 9.17) is 18.9 Å². The summed E-state index contributed by atoms with van der Waals surface area (Å²) in [5.74, 6) is 1.13. The van der Waals surface area contributed by atoms with Gasteiger partial charge in [-0.1, -0.05) is 0 Å². The van der Waals surface area contributed by atoms with Crippen LogP contribution < -0.4 is 24.3 Å². The Balaban J connectivity index is 1.47. The Morgan fingerprint density at radius 2 is 1.91 bits per heavy atom. The molecule has 0 atom stereocenters. The molecule has 34 heavy (non-hydrogen) atoms. The van der Waals surface area contributed by atoms with Crippen molar-refractivity contribution in [2.45, 2.75) is 13.8 Å². The molecule has 2 heterocycles. The van der Waals surface area contributed by atoms with Crippen molar-refractivity contribution in [3.8, 4) is 23.0 Å². The van der Waals surface area contributed by atoms with Crippen LogP contribution in [0.4, 0.5) is 10.5 Å². The third-order valence-corrected chi connectivity index (χ3v) is 6.25. The van der Waals surface area contributed by atoms with Crippen molar-refractivity contribution < 1.29 is 33.3 Å². The number of ether oxygens (including phenoxy) is 4. The first kappa shape index (κ1) is 24.0. The number of nitrogens with zero attached hydrogens (tertiary/aromatic N) is 1. The van der Waals surface area contributed by atoms with Crippen molar-refractivity contribution in [1.82, 2.24) is 4.90 Å². The van der Waals surface area contributed by atoms with Crippen LogP contribution in [0.5, 0.6) is 23.0 Å². The molecule has 0 aromatic heterocycles. The molecule has 2 aliphatic heterocycles. The number of amides is 3. The molecular formula is C23H21BrN2O7S. The number of benzene rings is 2. The van der Waals surface area contributed by atoms with Gasteiger partial charge in [0, 0.05) is 11.8 Å². The Morgan fingerprint density at radius 1 is 1.15 bits per heavy atom. The molecule has 0 spiro atoms. The number of nitrogens with one attached hydrogen (secondary N) is 1. The number of thioether (sulfide) groups is 1. The first-order valence-corrected chi connectivity index (χ1v) is 12.0. The number of carbonyl (C=O) groups excluding carboxylic acids is 3. The molecule has 178 valence electrons. The second-order valence-electron chi connectivity index (χ2n) is 7.08. The topological polar surface area (TPSA) is 103 Å². The fourth-order valence-corrected chi connectivity index (χ4v) is 4.74. The fraction of sp³-hybridized carbons (Fsp3) is 0.261. The first-order chi connectivity index (χ1) is 16.4. The van der Waals surface area contributed by atoms with Gasteiger partial charge in [-0.25, -0.2) is 0 Å². The SMILES string of the molecule is CCOc1cc(/C=C2/SC(=O)N(CC(=O)Nc3ccc4c(c3)OCO4)C2=O)cc(Br)c1OCC. The second-order valence-corrected chi connectivity index (χ2v) is 8.93. The summed E-state index contributed by atoms with van der Waals surface area (Å²) in [5, 5.41) is 2.14. The van der Waals surface area contributed by atoms with Crippen LogP contribution in [-0.4, -0.2) is 48.5 Å². The van der Waals surface area contributed by atoms with Gasteiger partial charge in [0.25, 0.3) is 11.1 Å². The Hall–Kier alpha value is -3.18. The predicted molar refractivity (Wildman–Crippen MR) is 130 cm³/mol. The number of hydrogen-bond acceptors (Lipinski definition) is 8. The fourth-order valence-electron chi connectivity index (χ4n) is 3.32. The van der Waals surface area contributed by atoms with Gasteiger partial charge in [0.2, 0.25) is 12.7 Å². The molecule has 1 saturated heterocycles. The molecule has 1 fully saturated rings. The van der Waals surface area contributed by atoms with Crippen molar-refractivity contribution >= 4 is 56.5 Å². The monoisotopic (exact) mass is 548 g/mol. The summed E-state index contributed by atoms with van der Waals surface area (Å²) in [6, 6.07) is 8.45. The Bertz CT molecular complexity index is 1180. The lowest BCUT2D eigenvalue weighted by molar-refractivity contribution is -0.127. The molecule has 0 aliphatic carbocycles. The summed E-state index contributed by atoms with van der Waals surface area (Å²) in [5.41, 5.74) is 1.12. The van der Waals surface area contributed by atoms with Crippen LogP contribution in [0.1, 0.15) is 19.4 Å². The first-order valence-electron chi connectivity index (χ1n) is 10.4. The van der Waals surface area contributed by atoms with E-state index >= 15 is 0 Å². The van der Waals surface area contributed by atoms with E-state index in [0.29, 0.717) is 51.9 Å². The minimum Gasteiger partial charge on any atom is -0.490 e. The lowest BCUT2D eigenvalue weighted by atomic mass is 10.2. The maximum Gasteiger partial charge on any atom is 0.294 e. The van der Waals surface area contributed by atoms with Crippen LogP contribution >= 0.6 is 27.7 Å². The van der Waals surface area contributed by atoms with Crippen LogP contribution in [0.15, 0.2) is 39.7 Å². The highest BCUT2D eigenvalue weighted by atomic mass is 79.9. The summed E-state index contributed by atoms with van der Waals surface area (Å²) in [7, 11) is 0. The molecule has 4 rings (SSSR count).